The van der Waals surface area contributed by atoms with Crippen LogP contribution in [0.1, 0.15) is 22.8 Å². The van der Waals surface area contributed by atoms with Crippen molar-refractivity contribution in [3.05, 3.63) is 47.6 Å². The largest absolute Gasteiger partial charge is 0.493 e. The SMILES string of the molecule is OC(Cc1cc(Br)cc2c1OCC2)c1csc(I)c1. The van der Waals surface area contributed by atoms with Crippen molar-refractivity contribution in [3.63, 3.8) is 0 Å². The van der Waals surface area contributed by atoms with E-state index in [0.29, 0.717) is 6.42 Å². The van der Waals surface area contributed by atoms with Crippen molar-refractivity contribution in [2.75, 3.05) is 6.61 Å². The zero-order valence-electron chi connectivity index (χ0n) is 10.0. The molecule has 1 N–H and O–H groups in total. The summed E-state index contributed by atoms with van der Waals surface area (Å²) in [5.41, 5.74) is 3.30. The average Bonchev–Trinajstić information content (AvgIpc) is 2.97. The quantitative estimate of drug-likeness (QED) is 0.705. The van der Waals surface area contributed by atoms with Crippen molar-refractivity contribution in [1.82, 2.24) is 0 Å². The predicted octanol–water partition coefficient (Wildman–Crippen LogP) is 4.33. The van der Waals surface area contributed by atoms with Crippen LogP contribution in [0.5, 0.6) is 5.75 Å². The molecular formula is C14H12BrIO2S. The second kappa shape index (κ2) is 5.71. The van der Waals surface area contributed by atoms with Gasteiger partial charge in [0.2, 0.25) is 0 Å². The van der Waals surface area contributed by atoms with Crippen molar-refractivity contribution in [2.45, 2.75) is 18.9 Å². The highest BCUT2D eigenvalue weighted by Crippen LogP contribution is 2.36. The molecule has 0 radical (unpaired) electrons. The fourth-order valence-corrected chi connectivity index (χ4v) is 4.29. The van der Waals surface area contributed by atoms with Crippen LogP contribution < -0.4 is 4.74 Å². The van der Waals surface area contributed by atoms with Crippen molar-refractivity contribution >= 4 is 49.9 Å². The lowest BCUT2D eigenvalue weighted by Crippen LogP contribution is -2.02. The van der Waals surface area contributed by atoms with Crippen molar-refractivity contribution in [3.8, 4) is 5.75 Å². The molecular weight excluding hydrogens is 439 g/mol. The van der Waals surface area contributed by atoms with Gasteiger partial charge in [-0.05, 0) is 62.9 Å². The number of aliphatic hydroxyl groups excluding tert-OH is 1. The third-order valence-electron chi connectivity index (χ3n) is 3.21. The number of hydrogen-bond acceptors (Lipinski definition) is 3. The summed E-state index contributed by atoms with van der Waals surface area (Å²) < 4.78 is 7.95. The number of halogens is 2. The first-order valence-electron chi connectivity index (χ1n) is 5.99. The summed E-state index contributed by atoms with van der Waals surface area (Å²) in [6.45, 7) is 0.741. The third kappa shape index (κ3) is 2.99. The number of ether oxygens (including phenoxy) is 1. The molecule has 1 aliphatic heterocycles. The van der Waals surface area contributed by atoms with E-state index in [2.05, 4.69) is 44.6 Å². The first-order chi connectivity index (χ1) is 9.13. The van der Waals surface area contributed by atoms with Crippen LogP contribution in [0.4, 0.5) is 0 Å². The van der Waals surface area contributed by atoms with E-state index in [1.165, 1.54) is 8.45 Å². The van der Waals surface area contributed by atoms with Crippen LogP contribution in [0.25, 0.3) is 0 Å². The van der Waals surface area contributed by atoms with E-state index in [4.69, 9.17) is 4.74 Å². The molecule has 0 saturated carbocycles. The number of hydrogen-bond donors (Lipinski definition) is 1. The summed E-state index contributed by atoms with van der Waals surface area (Å²) in [6, 6.07) is 6.19. The summed E-state index contributed by atoms with van der Waals surface area (Å²) in [6.07, 6.45) is 1.07. The van der Waals surface area contributed by atoms with Crippen LogP contribution in [0, 0.1) is 2.88 Å². The van der Waals surface area contributed by atoms with Gasteiger partial charge in [-0.25, -0.2) is 0 Å². The Kier molecular flexibility index (Phi) is 4.17. The highest BCUT2D eigenvalue weighted by molar-refractivity contribution is 14.1. The Bertz CT molecular complexity index is 611. The van der Waals surface area contributed by atoms with Crippen molar-refractivity contribution in [1.29, 1.82) is 0 Å². The molecule has 2 heterocycles. The maximum atomic E-state index is 10.3. The van der Waals surface area contributed by atoms with Gasteiger partial charge >= 0.3 is 0 Å². The predicted molar refractivity (Wildman–Crippen MR) is 89.0 cm³/mol. The number of thiophene rings is 1. The van der Waals surface area contributed by atoms with Gasteiger partial charge in [0, 0.05) is 17.3 Å². The normalized spacial score (nSPS) is 15.1. The van der Waals surface area contributed by atoms with Crippen LogP contribution in [-0.4, -0.2) is 11.7 Å². The fraction of sp³-hybridized carbons (Fsp3) is 0.286. The number of benzene rings is 1. The Labute approximate surface area is 138 Å². The minimum Gasteiger partial charge on any atom is -0.493 e. The van der Waals surface area contributed by atoms with Crippen LogP contribution in [0.2, 0.25) is 0 Å². The van der Waals surface area contributed by atoms with E-state index >= 15 is 0 Å². The van der Waals surface area contributed by atoms with E-state index in [0.717, 1.165) is 34.4 Å². The van der Waals surface area contributed by atoms with Gasteiger partial charge in [-0.15, -0.1) is 11.3 Å². The summed E-state index contributed by atoms with van der Waals surface area (Å²) in [4.78, 5) is 0. The average molecular weight is 451 g/mol. The molecule has 19 heavy (non-hydrogen) atoms. The molecule has 0 aliphatic carbocycles. The first kappa shape index (κ1) is 13.9. The Hall–Kier alpha value is -0.110. The molecule has 2 nitrogen and oxygen atoms in total. The zero-order chi connectivity index (χ0) is 13.4. The van der Waals surface area contributed by atoms with Gasteiger partial charge in [0.05, 0.1) is 15.6 Å². The number of aliphatic hydroxyl groups is 1. The molecule has 0 saturated heterocycles. The summed E-state index contributed by atoms with van der Waals surface area (Å²) in [7, 11) is 0. The molecule has 1 aromatic heterocycles. The van der Waals surface area contributed by atoms with Gasteiger partial charge in [-0.3, -0.25) is 0 Å². The van der Waals surface area contributed by atoms with E-state index in [1.54, 1.807) is 11.3 Å². The standard InChI is InChI=1S/C14H12BrIO2S/c15-11-3-8-1-2-18-14(8)9(4-11)5-12(17)10-6-13(16)19-7-10/h3-4,6-7,12,17H,1-2,5H2. The highest BCUT2D eigenvalue weighted by atomic mass is 127. The molecule has 0 spiro atoms. The second-order valence-corrected chi connectivity index (χ2v) is 8.28. The molecule has 100 valence electrons. The Morgan fingerprint density at radius 3 is 3.00 bits per heavy atom. The third-order valence-corrected chi connectivity index (χ3v) is 5.48. The van der Waals surface area contributed by atoms with Crippen molar-refractivity contribution < 1.29 is 9.84 Å². The smallest absolute Gasteiger partial charge is 0.125 e. The lowest BCUT2D eigenvalue weighted by molar-refractivity contribution is 0.177. The van der Waals surface area contributed by atoms with E-state index in [-0.39, 0.29) is 0 Å². The number of rotatable bonds is 3. The van der Waals surface area contributed by atoms with Gasteiger partial charge in [0.25, 0.3) is 0 Å². The van der Waals surface area contributed by atoms with Crippen molar-refractivity contribution in [2.24, 2.45) is 0 Å². The van der Waals surface area contributed by atoms with Crippen LogP contribution in [-0.2, 0) is 12.8 Å². The van der Waals surface area contributed by atoms with Gasteiger partial charge in [-0.2, -0.15) is 0 Å². The van der Waals surface area contributed by atoms with Gasteiger partial charge in [0.15, 0.2) is 0 Å². The van der Waals surface area contributed by atoms with Gasteiger partial charge in [0.1, 0.15) is 5.75 Å². The molecule has 0 fully saturated rings. The molecule has 1 atom stereocenters. The minimum atomic E-state index is -0.470. The molecule has 1 aromatic carbocycles. The maximum absolute atomic E-state index is 10.3. The topological polar surface area (TPSA) is 29.5 Å². The molecule has 0 bridgehead atoms. The minimum absolute atomic E-state index is 0.470. The zero-order valence-corrected chi connectivity index (χ0v) is 14.6. The van der Waals surface area contributed by atoms with Gasteiger partial charge in [-0.1, -0.05) is 15.9 Å². The van der Waals surface area contributed by atoms with Crippen LogP contribution >= 0.6 is 49.9 Å². The fourth-order valence-electron chi connectivity index (χ4n) is 2.32. The lowest BCUT2D eigenvalue weighted by atomic mass is 10.0. The molecule has 3 rings (SSSR count). The van der Waals surface area contributed by atoms with E-state index in [9.17, 15) is 5.11 Å². The first-order valence-corrected chi connectivity index (χ1v) is 8.74. The number of fused-ring (bicyclic) bond motifs is 1. The maximum Gasteiger partial charge on any atom is 0.125 e. The second-order valence-electron chi connectivity index (χ2n) is 4.56. The summed E-state index contributed by atoms with van der Waals surface area (Å²) in [5, 5.41) is 12.4. The molecule has 1 unspecified atom stereocenters. The van der Waals surface area contributed by atoms with E-state index in [1.807, 2.05) is 17.5 Å². The Morgan fingerprint density at radius 1 is 1.42 bits per heavy atom. The van der Waals surface area contributed by atoms with E-state index < -0.39 is 6.10 Å². The monoisotopic (exact) mass is 450 g/mol. The van der Waals surface area contributed by atoms with Crippen LogP contribution in [0.15, 0.2) is 28.1 Å². The summed E-state index contributed by atoms with van der Waals surface area (Å²) in [5.74, 6) is 0.965. The molecule has 0 amide bonds. The summed E-state index contributed by atoms with van der Waals surface area (Å²) >= 11 is 7.46. The molecule has 2 aromatic rings. The molecule has 1 aliphatic rings. The molecule has 5 heteroatoms. The Morgan fingerprint density at radius 2 is 2.26 bits per heavy atom. The Balaban J connectivity index is 1.87. The lowest BCUT2D eigenvalue weighted by Gasteiger charge is -2.13. The highest BCUT2D eigenvalue weighted by Gasteiger charge is 2.20. The van der Waals surface area contributed by atoms with Crippen LogP contribution in [0.3, 0.4) is 0 Å². The van der Waals surface area contributed by atoms with Gasteiger partial charge < -0.3 is 9.84 Å².